The second-order valence-electron chi connectivity index (χ2n) is 13.6. The van der Waals surface area contributed by atoms with Crippen molar-refractivity contribution < 1.29 is 66.9 Å². The molecule has 4 aliphatic rings. The summed E-state index contributed by atoms with van der Waals surface area (Å²) in [7, 11) is 0. The molecule has 3 fully saturated rings. The highest BCUT2D eigenvalue weighted by molar-refractivity contribution is 6.21. The highest BCUT2D eigenvalue weighted by Gasteiger charge is 2.58. The lowest BCUT2D eigenvalue weighted by molar-refractivity contribution is -0.382. The van der Waals surface area contributed by atoms with Crippen molar-refractivity contribution >= 4 is 23.8 Å². The molecular weight excluding hydrogens is 730 g/mol. The van der Waals surface area contributed by atoms with Crippen LogP contribution < -0.4 is 0 Å². The maximum absolute atomic E-state index is 13.8. The third-order valence-corrected chi connectivity index (χ3v) is 9.79. The molecule has 4 heterocycles. The summed E-state index contributed by atoms with van der Waals surface area (Å²) >= 11 is 0. The number of fused-ring (bicyclic) bond motifs is 2. The van der Waals surface area contributed by atoms with Crippen LogP contribution in [0, 0.1) is 0 Å². The van der Waals surface area contributed by atoms with Crippen LogP contribution in [0.2, 0.25) is 0 Å². The maximum atomic E-state index is 13.8. The normalized spacial score (nSPS) is 31.3. The van der Waals surface area contributed by atoms with Gasteiger partial charge in [-0.1, -0.05) is 78.9 Å². The summed E-state index contributed by atoms with van der Waals surface area (Å²) in [5.74, 6) is -2.78. The molecule has 0 aliphatic carbocycles. The number of nitrogens with zero attached hydrogens (tertiary/aromatic N) is 1. The van der Waals surface area contributed by atoms with E-state index in [1.165, 1.54) is 32.1 Å². The number of amides is 2. The number of imide groups is 1. The molecule has 4 aliphatic heterocycles. The zero-order valence-electron chi connectivity index (χ0n) is 30.7. The molecule has 0 saturated carbocycles. The summed E-state index contributed by atoms with van der Waals surface area (Å²) < 4.78 is 55.2. The van der Waals surface area contributed by atoms with Crippen LogP contribution in [0.3, 0.4) is 0 Å². The largest absolute Gasteiger partial charge is 0.455 e. The summed E-state index contributed by atoms with van der Waals surface area (Å²) in [6.07, 6.45) is -11.1. The van der Waals surface area contributed by atoms with E-state index in [1.54, 1.807) is 12.1 Å². The van der Waals surface area contributed by atoms with E-state index in [0.717, 1.165) is 10.5 Å². The predicted molar refractivity (Wildman–Crippen MR) is 192 cm³/mol. The number of ether oxygens (including phenoxy) is 9. The molecule has 296 valence electrons. The number of carbonyl (C=O) groups excluding carboxylic acids is 4. The first-order valence-electron chi connectivity index (χ1n) is 18.3. The average Bonchev–Trinajstić information content (AvgIpc) is 3.45. The van der Waals surface area contributed by atoms with Crippen LogP contribution >= 0.6 is 0 Å². The number of hydrogen-bond acceptors (Lipinski definition) is 14. The molecule has 15 nitrogen and oxygen atoms in total. The Kier molecular flexibility index (Phi) is 12.3. The third kappa shape index (κ3) is 8.31. The van der Waals surface area contributed by atoms with Gasteiger partial charge in [-0.25, -0.2) is 0 Å². The minimum atomic E-state index is -1.70. The Bertz CT molecular complexity index is 1840. The summed E-state index contributed by atoms with van der Waals surface area (Å²) in [5.41, 5.74) is 1.84. The lowest BCUT2D eigenvalue weighted by Gasteiger charge is -2.51. The van der Waals surface area contributed by atoms with Crippen molar-refractivity contribution in [1.82, 2.24) is 4.90 Å². The number of aliphatic hydroxyl groups excluding tert-OH is 1. The fourth-order valence-corrected chi connectivity index (χ4v) is 7.36. The first-order valence-corrected chi connectivity index (χ1v) is 18.3. The Hall–Kier alpha value is -4.84. The number of aliphatic hydroxyl groups is 1. The van der Waals surface area contributed by atoms with Crippen LogP contribution in [-0.2, 0) is 58.8 Å². The number of esters is 2. The van der Waals surface area contributed by atoms with E-state index in [-0.39, 0.29) is 37.6 Å². The average molecular weight is 774 g/mol. The van der Waals surface area contributed by atoms with Crippen LogP contribution in [0.5, 0.6) is 0 Å². The van der Waals surface area contributed by atoms with Crippen molar-refractivity contribution in [3.63, 3.8) is 0 Å². The molecule has 0 radical (unpaired) electrons. The molecule has 7 rings (SSSR count). The lowest BCUT2D eigenvalue weighted by Crippen LogP contribution is -2.69. The van der Waals surface area contributed by atoms with E-state index in [1.807, 2.05) is 60.7 Å². The Labute approximate surface area is 322 Å². The quantitative estimate of drug-likeness (QED) is 0.152. The molecule has 1 N–H and O–H groups in total. The first kappa shape index (κ1) is 39.4. The van der Waals surface area contributed by atoms with Crippen molar-refractivity contribution in [2.75, 3.05) is 19.8 Å². The molecule has 15 heteroatoms. The van der Waals surface area contributed by atoms with Gasteiger partial charge in [-0.2, -0.15) is 0 Å². The predicted octanol–water partition coefficient (Wildman–Crippen LogP) is 3.24. The molecule has 3 aromatic rings. The summed E-state index contributed by atoms with van der Waals surface area (Å²) in [4.78, 5) is 53.8. The number of rotatable bonds is 13. The SMILES string of the molecule is C=CCO[C@@H]1O[C@H](COCc2ccccc2)[C@@H](O[C@@H]2O[C@@H]3CO[C@H](c4ccccc4)O[C@@H]3[C@H](OC(C)=O)[C@H]2OC(C)=O)[C@H](O)[C@H]1N1C(=O)c2ccccc2C1=O. The van der Waals surface area contributed by atoms with Gasteiger partial charge in [0.25, 0.3) is 11.8 Å². The highest BCUT2D eigenvalue weighted by Crippen LogP contribution is 2.40. The van der Waals surface area contributed by atoms with Gasteiger partial charge in [0.15, 0.2) is 31.1 Å². The standard InChI is InChI=1S/C41H43NO14/c1-4-19-49-40-31(42-37(46)27-17-11-12-18-28(27)38(42)47)32(45)33(29(53-40)21-48-20-25-13-7-5-8-14-25)55-41-36(52-24(3)44)35(51-23(2)43)34-30(54-41)22-50-39(56-34)26-15-9-6-10-16-26/h4-18,29-36,39-41,45H,1,19-22H2,2-3H3/t29-,30-,31-,32-,33-,34+,35+,36-,39+,40-,41+/m1/s1. The van der Waals surface area contributed by atoms with Gasteiger partial charge < -0.3 is 47.7 Å². The molecule has 3 aromatic carbocycles. The Morgan fingerprint density at radius 1 is 0.821 bits per heavy atom. The molecule has 11 atom stereocenters. The Morgan fingerprint density at radius 2 is 1.45 bits per heavy atom. The van der Waals surface area contributed by atoms with Crippen molar-refractivity contribution in [2.24, 2.45) is 0 Å². The van der Waals surface area contributed by atoms with Gasteiger partial charge in [0, 0.05) is 19.4 Å². The van der Waals surface area contributed by atoms with Crippen molar-refractivity contribution in [3.8, 4) is 0 Å². The van der Waals surface area contributed by atoms with Crippen molar-refractivity contribution in [2.45, 2.75) is 88.1 Å². The van der Waals surface area contributed by atoms with Gasteiger partial charge >= 0.3 is 11.9 Å². The van der Waals surface area contributed by atoms with Crippen LogP contribution in [0.4, 0.5) is 0 Å². The second kappa shape index (κ2) is 17.5. The number of carbonyl (C=O) groups is 4. The van der Waals surface area contributed by atoms with E-state index in [2.05, 4.69) is 6.58 Å². The van der Waals surface area contributed by atoms with E-state index in [4.69, 9.17) is 42.6 Å². The number of benzene rings is 3. The van der Waals surface area contributed by atoms with Crippen LogP contribution in [0.15, 0.2) is 97.6 Å². The summed E-state index contributed by atoms with van der Waals surface area (Å²) in [5, 5.41) is 12.4. The van der Waals surface area contributed by atoms with Crippen molar-refractivity contribution in [1.29, 1.82) is 0 Å². The molecular formula is C41H43NO14. The Balaban J connectivity index is 1.22. The Morgan fingerprint density at radius 3 is 2.09 bits per heavy atom. The molecule has 56 heavy (non-hydrogen) atoms. The third-order valence-electron chi connectivity index (χ3n) is 9.79. The van der Waals surface area contributed by atoms with E-state index < -0.39 is 91.4 Å². The first-order chi connectivity index (χ1) is 27.1. The summed E-state index contributed by atoms with van der Waals surface area (Å²) in [6, 6.07) is 23.3. The second-order valence-corrected chi connectivity index (χ2v) is 13.6. The van der Waals surface area contributed by atoms with Gasteiger partial charge in [-0.3, -0.25) is 24.1 Å². The van der Waals surface area contributed by atoms with Gasteiger partial charge in [0.05, 0.1) is 37.6 Å². The van der Waals surface area contributed by atoms with Crippen LogP contribution in [-0.4, -0.2) is 115 Å². The minimum absolute atomic E-state index is 0.0445. The van der Waals surface area contributed by atoms with Gasteiger partial charge in [-0.15, -0.1) is 6.58 Å². The fourth-order valence-electron chi connectivity index (χ4n) is 7.36. The maximum Gasteiger partial charge on any atom is 0.303 e. The molecule has 0 unspecified atom stereocenters. The zero-order valence-corrected chi connectivity index (χ0v) is 30.7. The lowest BCUT2D eigenvalue weighted by atomic mass is 9.94. The summed E-state index contributed by atoms with van der Waals surface area (Å²) in [6.45, 7) is 5.96. The monoisotopic (exact) mass is 773 g/mol. The van der Waals surface area contributed by atoms with E-state index in [0.29, 0.717) is 5.56 Å². The minimum Gasteiger partial charge on any atom is -0.455 e. The molecule has 0 aromatic heterocycles. The van der Waals surface area contributed by atoms with Gasteiger partial charge in [-0.05, 0) is 17.7 Å². The smallest absolute Gasteiger partial charge is 0.303 e. The molecule has 0 bridgehead atoms. The van der Waals surface area contributed by atoms with Gasteiger partial charge in [0.2, 0.25) is 0 Å². The molecule has 3 saturated heterocycles. The van der Waals surface area contributed by atoms with Crippen LogP contribution in [0.1, 0.15) is 52.0 Å². The van der Waals surface area contributed by atoms with E-state index >= 15 is 0 Å². The fraction of sp³-hybridized carbons (Fsp3) is 0.415. The topological polar surface area (TPSA) is 175 Å². The number of hydrogen-bond donors (Lipinski definition) is 1. The van der Waals surface area contributed by atoms with Gasteiger partial charge in [0.1, 0.15) is 36.6 Å². The molecule has 2 amide bonds. The van der Waals surface area contributed by atoms with Crippen LogP contribution in [0.25, 0.3) is 0 Å². The van der Waals surface area contributed by atoms with E-state index in [9.17, 15) is 24.3 Å². The van der Waals surface area contributed by atoms with Crippen molar-refractivity contribution in [3.05, 3.63) is 120 Å². The zero-order chi connectivity index (χ0) is 39.3. The molecule has 0 spiro atoms. The highest BCUT2D eigenvalue weighted by atomic mass is 16.8.